The summed E-state index contributed by atoms with van der Waals surface area (Å²) in [7, 11) is 0. The van der Waals surface area contributed by atoms with Gasteiger partial charge in [-0.1, -0.05) is 36.3 Å². The van der Waals surface area contributed by atoms with Gasteiger partial charge in [-0.05, 0) is 50.0 Å². The van der Waals surface area contributed by atoms with E-state index >= 15 is 0 Å². The zero-order valence-electron chi connectivity index (χ0n) is 13.4. The molecule has 0 atom stereocenters. The van der Waals surface area contributed by atoms with Crippen molar-refractivity contribution in [3.63, 3.8) is 0 Å². The molecule has 4 nitrogen and oxygen atoms in total. The first-order valence-electron chi connectivity index (χ1n) is 8.56. The molecule has 2 aromatic rings. The number of anilines is 2. The van der Waals surface area contributed by atoms with E-state index in [-0.39, 0.29) is 5.82 Å². The first-order valence-corrected chi connectivity index (χ1v) is 9.78. The molecular weight excluding hydrogens is 343 g/mol. The molecule has 2 aliphatic carbocycles. The summed E-state index contributed by atoms with van der Waals surface area (Å²) in [6, 6.07) is 7.99. The third-order valence-electron chi connectivity index (χ3n) is 4.83. The second kappa shape index (κ2) is 6.90. The fraction of sp³-hybridized carbons (Fsp3) is 0.529. The summed E-state index contributed by atoms with van der Waals surface area (Å²) < 4.78 is 16.4. The van der Waals surface area contributed by atoms with E-state index in [1.54, 1.807) is 18.2 Å². The second-order valence-corrected chi connectivity index (χ2v) is 8.23. The molecule has 0 aliphatic heterocycles. The van der Waals surface area contributed by atoms with Crippen LogP contribution in [0, 0.1) is 9.77 Å². The molecule has 4 rings (SSSR count). The molecule has 0 spiro atoms. The van der Waals surface area contributed by atoms with Crippen LogP contribution >= 0.6 is 23.6 Å². The number of nitrogens with one attached hydrogen (secondary N) is 1. The molecule has 0 amide bonds. The molecule has 2 saturated carbocycles. The van der Waals surface area contributed by atoms with Crippen LogP contribution in [0.2, 0.25) is 0 Å². The topological polar surface area (TPSA) is 33.1 Å². The minimum Gasteiger partial charge on any atom is -0.328 e. The minimum atomic E-state index is -0.282. The van der Waals surface area contributed by atoms with Crippen LogP contribution in [0.5, 0.6) is 0 Å². The van der Waals surface area contributed by atoms with Crippen molar-refractivity contribution in [2.24, 2.45) is 0 Å². The number of hydrogen-bond donors (Lipinski definition) is 1. The molecule has 128 valence electrons. The van der Waals surface area contributed by atoms with E-state index in [0.29, 0.717) is 22.9 Å². The van der Waals surface area contributed by atoms with Crippen molar-refractivity contribution in [3.05, 3.63) is 34.0 Å². The van der Waals surface area contributed by atoms with Crippen LogP contribution in [-0.2, 0) is 6.67 Å². The predicted molar refractivity (Wildman–Crippen MR) is 97.7 cm³/mol. The van der Waals surface area contributed by atoms with Crippen molar-refractivity contribution in [2.75, 3.05) is 5.32 Å². The van der Waals surface area contributed by atoms with Gasteiger partial charge in [0.25, 0.3) is 0 Å². The van der Waals surface area contributed by atoms with Crippen LogP contribution in [0.3, 0.4) is 0 Å². The van der Waals surface area contributed by atoms with Gasteiger partial charge in [0.2, 0.25) is 5.13 Å². The van der Waals surface area contributed by atoms with Crippen molar-refractivity contribution in [3.8, 4) is 0 Å². The van der Waals surface area contributed by atoms with Crippen LogP contribution in [0.1, 0.15) is 38.5 Å². The van der Waals surface area contributed by atoms with Crippen LogP contribution in [-0.4, -0.2) is 26.8 Å². The third kappa shape index (κ3) is 3.53. The van der Waals surface area contributed by atoms with Crippen LogP contribution in [0.4, 0.5) is 15.2 Å². The lowest BCUT2D eigenvalue weighted by Crippen LogP contribution is -2.37. The smallest absolute Gasteiger partial charge is 0.209 e. The first-order chi connectivity index (χ1) is 11.7. The second-order valence-electron chi connectivity index (χ2n) is 6.60. The van der Waals surface area contributed by atoms with E-state index in [1.807, 2.05) is 4.68 Å². The highest BCUT2D eigenvalue weighted by molar-refractivity contribution is 7.73. The Labute approximate surface area is 150 Å². The van der Waals surface area contributed by atoms with Gasteiger partial charge in [-0.2, -0.15) is 0 Å². The first kappa shape index (κ1) is 16.2. The van der Waals surface area contributed by atoms with Gasteiger partial charge >= 0.3 is 0 Å². The van der Waals surface area contributed by atoms with Gasteiger partial charge in [0.05, 0.1) is 12.4 Å². The Morgan fingerprint density at radius 2 is 1.92 bits per heavy atom. The Kier molecular flexibility index (Phi) is 4.65. The molecule has 2 fully saturated rings. The van der Waals surface area contributed by atoms with Crippen molar-refractivity contribution in [2.45, 2.75) is 57.3 Å². The molecule has 1 aromatic heterocycles. The number of nitrogens with zero attached hydrogens (tertiary/aromatic N) is 3. The van der Waals surface area contributed by atoms with Gasteiger partial charge in [-0.3, -0.25) is 4.90 Å². The summed E-state index contributed by atoms with van der Waals surface area (Å²) in [6.07, 6.45) is 7.80. The maximum absolute atomic E-state index is 13.8. The predicted octanol–water partition coefficient (Wildman–Crippen LogP) is 4.92. The third-order valence-corrected chi connectivity index (χ3v) is 6.05. The lowest BCUT2D eigenvalue weighted by molar-refractivity contribution is 0.135. The molecule has 7 heteroatoms. The standard InChI is InChI=1S/C17H21FN4S2/c18-14-7-3-4-8-15(14)19-16-20-22(17(23)24-16)11-21(13-9-10-13)12-5-1-2-6-12/h3-4,7-8,12-13H,1-2,5-6,9-11H2,(H,19,20). The Morgan fingerprint density at radius 1 is 1.21 bits per heavy atom. The zero-order valence-corrected chi connectivity index (χ0v) is 15.1. The van der Waals surface area contributed by atoms with Crippen LogP contribution < -0.4 is 5.32 Å². The fourth-order valence-corrected chi connectivity index (χ4v) is 4.45. The summed E-state index contributed by atoms with van der Waals surface area (Å²) in [5.74, 6) is -0.282. The quantitative estimate of drug-likeness (QED) is 0.738. The maximum Gasteiger partial charge on any atom is 0.209 e. The van der Waals surface area contributed by atoms with Crippen LogP contribution in [0.25, 0.3) is 0 Å². The average Bonchev–Trinajstić information content (AvgIpc) is 3.14. The number of benzene rings is 1. The van der Waals surface area contributed by atoms with E-state index in [0.717, 1.165) is 10.6 Å². The normalized spacial score (nSPS) is 18.4. The Bertz CT molecular complexity index is 762. The molecule has 1 heterocycles. The monoisotopic (exact) mass is 364 g/mol. The summed E-state index contributed by atoms with van der Waals surface area (Å²) in [5, 5.41) is 8.27. The Morgan fingerprint density at radius 3 is 2.62 bits per heavy atom. The fourth-order valence-electron chi connectivity index (χ4n) is 3.45. The highest BCUT2D eigenvalue weighted by atomic mass is 32.1. The summed E-state index contributed by atoms with van der Waals surface area (Å²) >= 11 is 6.88. The van der Waals surface area contributed by atoms with E-state index < -0.39 is 0 Å². The molecule has 1 aromatic carbocycles. The molecule has 0 bridgehead atoms. The molecule has 0 unspecified atom stereocenters. The number of para-hydroxylation sites is 1. The van der Waals surface area contributed by atoms with Crippen molar-refractivity contribution >= 4 is 34.4 Å². The summed E-state index contributed by atoms with van der Waals surface area (Å²) in [5.41, 5.74) is 0.434. The Balaban J connectivity index is 1.50. The van der Waals surface area contributed by atoms with Gasteiger partial charge in [0.1, 0.15) is 5.82 Å². The van der Waals surface area contributed by atoms with E-state index in [1.165, 1.54) is 55.9 Å². The van der Waals surface area contributed by atoms with Gasteiger partial charge in [0, 0.05) is 12.1 Å². The zero-order chi connectivity index (χ0) is 16.5. The SMILES string of the molecule is Fc1ccccc1Nc1nn(CN(C2CCCC2)C2CC2)c(=S)s1. The summed E-state index contributed by atoms with van der Waals surface area (Å²) in [6.45, 7) is 0.754. The van der Waals surface area contributed by atoms with Gasteiger partial charge in [0.15, 0.2) is 3.95 Å². The van der Waals surface area contributed by atoms with Gasteiger partial charge in [-0.15, -0.1) is 5.10 Å². The van der Waals surface area contributed by atoms with Crippen molar-refractivity contribution in [1.29, 1.82) is 0 Å². The lowest BCUT2D eigenvalue weighted by Gasteiger charge is -2.28. The van der Waals surface area contributed by atoms with Crippen molar-refractivity contribution < 1.29 is 4.39 Å². The molecule has 0 radical (unpaired) electrons. The summed E-state index contributed by atoms with van der Waals surface area (Å²) in [4.78, 5) is 2.58. The molecular formula is C17H21FN4S2. The minimum absolute atomic E-state index is 0.282. The lowest BCUT2D eigenvalue weighted by atomic mass is 10.2. The number of rotatable bonds is 6. The van der Waals surface area contributed by atoms with E-state index in [4.69, 9.17) is 12.2 Å². The number of aromatic nitrogens is 2. The van der Waals surface area contributed by atoms with Crippen LogP contribution in [0.15, 0.2) is 24.3 Å². The molecule has 24 heavy (non-hydrogen) atoms. The molecule has 2 aliphatic rings. The largest absolute Gasteiger partial charge is 0.328 e. The van der Waals surface area contributed by atoms with E-state index in [9.17, 15) is 4.39 Å². The number of halogens is 1. The van der Waals surface area contributed by atoms with Gasteiger partial charge in [-0.25, -0.2) is 9.07 Å². The molecule has 1 N–H and O–H groups in total. The number of hydrogen-bond acceptors (Lipinski definition) is 5. The maximum atomic E-state index is 13.8. The van der Waals surface area contributed by atoms with E-state index in [2.05, 4.69) is 15.3 Å². The Hall–Kier alpha value is -1.31. The average molecular weight is 365 g/mol. The highest BCUT2D eigenvalue weighted by Crippen LogP contribution is 2.35. The van der Waals surface area contributed by atoms with Crippen molar-refractivity contribution in [1.82, 2.24) is 14.7 Å². The van der Waals surface area contributed by atoms with Gasteiger partial charge < -0.3 is 5.32 Å². The molecule has 0 saturated heterocycles. The highest BCUT2D eigenvalue weighted by Gasteiger charge is 2.35.